The summed E-state index contributed by atoms with van der Waals surface area (Å²) in [5.41, 5.74) is 1.24. The van der Waals surface area contributed by atoms with Crippen LogP contribution in [0.4, 0.5) is 10.1 Å². The summed E-state index contributed by atoms with van der Waals surface area (Å²) in [5, 5.41) is 5.78. The van der Waals surface area contributed by atoms with Crippen LogP contribution in [0.5, 0.6) is 5.75 Å². The van der Waals surface area contributed by atoms with Crippen molar-refractivity contribution >= 4 is 29.0 Å². The maximum absolute atomic E-state index is 13.2. The highest BCUT2D eigenvalue weighted by molar-refractivity contribution is 7.99. The van der Waals surface area contributed by atoms with Crippen LogP contribution in [0.3, 0.4) is 0 Å². The molecule has 0 aliphatic carbocycles. The number of aromatic nitrogens is 4. The van der Waals surface area contributed by atoms with Gasteiger partial charge in [-0.25, -0.2) is 18.9 Å². The van der Waals surface area contributed by atoms with Gasteiger partial charge in [-0.05, 0) is 48.5 Å². The van der Waals surface area contributed by atoms with Gasteiger partial charge in [0.15, 0.2) is 16.6 Å². The second kappa shape index (κ2) is 8.37. The Morgan fingerprint density at radius 2 is 1.90 bits per heavy atom. The Balaban J connectivity index is 1.55. The van der Waals surface area contributed by atoms with Crippen LogP contribution in [0.1, 0.15) is 0 Å². The number of halogens is 1. The highest BCUT2D eigenvalue weighted by Crippen LogP contribution is 2.22. The first-order chi connectivity index (χ1) is 14.5. The van der Waals surface area contributed by atoms with Crippen molar-refractivity contribution in [1.82, 2.24) is 19.6 Å². The molecule has 4 aromatic rings. The number of methoxy groups -OCH3 is 1. The van der Waals surface area contributed by atoms with Gasteiger partial charge in [-0.2, -0.15) is 0 Å². The summed E-state index contributed by atoms with van der Waals surface area (Å²) in [6, 6.07) is 14.0. The first-order valence-electron chi connectivity index (χ1n) is 8.84. The average Bonchev–Trinajstić information content (AvgIpc) is 3.13. The largest absolute Gasteiger partial charge is 0.497 e. The van der Waals surface area contributed by atoms with E-state index in [-0.39, 0.29) is 23.0 Å². The van der Waals surface area contributed by atoms with Gasteiger partial charge < -0.3 is 10.1 Å². The van der Waals surface area contributed by atoms with E-state index in [0.717, 1.165) is 11.8 Å². The summed E-state index contributed by atoms with van der Waals surface area (Å²) in [4.78, 5) is 32.9. The molecule has 2 aromatic carbocycles. The molecule has 2 N–H and O–H groups in total. The van der Waals surface area contributed by atoms with Gasteiger partial charge in [-0.15, -0.1) is 0 Å². The Morgan fingerprint density at radius 1 is 1.17 bits per heavy atom. The topological polar surface area (TPSA) is 101 Å². The van der Waals surface area contributed by atoms with Crippen LogP contribution in [0.25, 0.3) is 17.0 Å². The summed E-state index contributed by atoms with van der Waals surface area (Å²) in [5.74, 6) is 0.459. The minimum absolute atomic E-state index is 0.0568. The third-order valence-corrected chi connectivity index (χ3v) is 5.07. The van der Waals surface area contributed by atoms with E-state index in [0.29, 0.717) is 33.6 Å². The number of H-pyrrole nitrogens is 1. The zero-order valence-corrected chi connectivity index (χ0v) is 16.6. The van der Waals surface area contributed by atoms with Crippen molar-refractivity contribution in [2.45, 2.75) is 5.16 Å². The van der Waals surface area contributed by atoms with E-state index in [1.54, 1.807) is 43.5 Å². The van der Waals surface area contributed by atoms with Crippen molar-refractivity contribution in [3.63, 3.8) is 0 Å². The molecule has 0 atom stereocenters. The first kappa shape index (κ1) is 19.6. The lowest BCUT2D eigenvalue weighted by atomic mass is 10.2. The molecule has 10 heteroatoms. The minimum atomic E-state index is -0.373. The number of aromatic amines is 1. The number of nitrogens with zero attached hydrogens (tertiary/aromatic N) is 3. The molecule has 0 radical (unpaired) electrons. The fourth-order valence-corrected chi connectivity index (χ4v) is 3.46. The van der Waals surface area contributed by atoms with Crippen molar-refractivity contribution in [2.75, 3.05) is 18.2 Å². The van der Waals surface area contributed by atoms with Gasteiger partial charge in [0.2, 0.25) is 5.91 Å². The summed E-state index contributed by atoms with van der Waals surface area (Å²) in [7, 11) is 1.57. The number of rotatable bonds is 6. The van der Waals surface area contributed by atoms with Gasteiger partial charge in [0.1, 0.15) is 11.6 Å². The predicted octanol–water partition coefficient (Wildman–Crippen LogP) is 2.96. The summed E-state index contributed by atoms with van der Waals surface area (Å²) in [6.45, 7) is 0. The summed E-state index contributed by atoms with van der Waals surface area (Å²) >= 11 is 1.14. The molecule has 0 bridgehead atoms. The highest BCUT2D eigenvalue weighted by Gasteiger charge is 2.13. The third kappa shape index (κ3) is 4.33. The molecule has 2 heterocycles. The lowest BCUT2D eigenvalue weighted by molar-refractivity contribution is -0.113. The molecule has 0 aliphatic heterocycles. The second-order valence-electron chi connectivity index (χ2n) is 6.22. The maximum atomic E-state index is 13.2. The zero-order chi connectivity index (χ0) is 21.1. The number of hydrogen-bond donors (Lipinski definition) is 2. The Labute approximate surface area is 174 Å². The van der Waals surface area contributed by atoms with Gasteiger partial charge in [-0.1, -0.05) is 11.8 Å². The molecule has 0 saturated carbocycles. The molecular formula is C20H16FN5O3S. The molecule has 0 saturated heterocycles. The van der Waals surface area contributed by atoms with Crippen LogP contribution in [-0.2, 0) is 4.79 Å². The number of carbonyl (C=O) groups is 1. The molecule has 4 rings (SSSR count). The smallest absolute Gasteiger partial charge is 0.266 e. The lowest BCUT2D eigenvalue weighted by Crippen LogP contribution is -2.15. The normalized spacial score (nSPS) is 10.9. The van der Waals surface area contributed by atoms with E-state index < -0.39 is 0 Å². The Kier molecular flexibility index (Phi) is 5.48. The maximum Gasteiger partial charge on any atom is 0.266 e. The molecule has 0 fully saturated rings. The van der Waals surface area contributed by atoms with E-state index >= 15 is 0 Å². The minimum Gasteiger partial charge on any atom is -0.497 e. The standard InChI is InChI=1S/C20H16FN5O3S/c1-29-15-8-6-14(7-9-15)22-18(28)11-30-20-24-19(12-2-4-13(21)5-3-12)23-16-10-17(27)25-26(16)20/h2-10H,11H2,1H3,(H,22,28)(H,25,27). The van der Waals surface area contributed by atoms with Crippen molar-refractivity contribution in [1.29, 1.82) is 0 Å². The fraction of sp³-hybridized carbons (Fsp3) is 0.100. The number of benzene rings is 2. The van der Waals surface area contributed by atoms with Gasteiger partial charge in [-0.3, -0.25) is 14.7 Å². The second-order valence-corrected chi connectivity index (χ2v) is 7.16. The number of nitrogens with one attached hydrogen (secondary N) is 2. The van der Waals surface area contributed by atoms with E-state index in [1.165, 1.54) is 22.7 Å². The summed E-state index contributed by atoms with van der Waals surface area (Å²) in [6.07, 6.45) is 0. The quantitative estimate of drug-likeness (QED) is 0.461. The lowest BCUT2D eigenvalue weighted by Gasteiger charge is -2.08. The monoisotopic (exact) mass is 425 g/mol. The number of hydrogen-bond acceptors (Lipinski definition) is 6. The fourth-order valence-electron chi connectivity index (χ4n) is 2.71. The molecule has 0 spiro atoms. The van der Waals surface area contributed by atoms with Crippen molar-refractivity contribution < 1.29 is 13.9 Å². The van der Waals surface area contributed by atoms with Crippen molar-refractivity contribution in [2.24, 2.45) is 0 Å². The number of anilines is 1. The number of amides is 1. The SMILES string of the molecule is COc1ccc(NC(=O)CSc2nc(-c3ccc(F)cc3)nc3cc(=O)[nH]n23)cc1. The molecule has 0 aliphatic rings. The van der Waals surface area contributed by atoms with Crippen LogP contribution in [0.15, 0.2) is 64.5 Å². The number of thioether (sulfide) groups is 1. The Hall–Kier alpha value is -3.66. The highest BCUT2D eigenvalue weighted by atomic mass is 32.2. The molecule has 30 heavy (non-hydrogen) atoms. The number of ether oxygens (including phenoxy) is 1. The van der Waals surface area contributed by atoms with Gasteiger partial charge >= 0.3 is 0 Å². The average molecular weight is 425 g/mol. The zero-order valence-electron chi connectivity index (χ0n) is 15.8. The van der Waals surface area contributed by atoms with Gasteiger partial charge in [0, 0.05) is 17.3 Å². The van der Waals surface area contributed by atoms with E-state index in [9.17, 15) is 14.0 Å². The van der Waals surface area contributed by atoms with Crippen LogP contribution in [0.2, 0.25) is 0 Å². The Morgan fingerprint density at radius 3 is 2.60 bits per heavy atom. The van der Waals surface area contributed by atoms with E-state index in [2.05, 4.69) is 20.4 Å². The predicted molar refractivity (Wildman–Crippen MR) is 111 cm³/mol. The third-order valence-electron chi connectivity index (χ3n) is 4.13. The number of fused-ring (bicyclic) bond motifs is 1. The van der Waals surface area contributed by atoms with E-state index in [4.69, 9.17) is 4.74 Å². The Bertz CT molecular complexity index is 1250. The van der Waals surface area contributed by atoms with Gasteiger partial charge in [0.05, 0.1) is 12.9 Å². The molecule has 8 nitrogen and oxygen atoms in total. The molecular weight excluding hydrogens is 409 g/mol. The van der Waals surface area contributed by atoms with Gasteiger partial charge in [0.25, 0.3) is 5.56 Å². The number of carbonyl (C=O) groups excluding carboxylic acids is 1. The van der Waals surface area contributed by atoms with Crippen molar-refractivity contribution in [3.05, 3.63) is 70.8 Å². The van der Waals surface area contributed by atoms with Crippen LogP contribution >= 0.6 is 11.8 Å². The summed E-state index contributed by atoms with van der Waals surface area (Å²) < 4.78 is 19.7. The first-order valence-corrected chi connectivity index (χ1v) is 9.83. The van der Waals surface area contributed by atoms with Crippen LogP contribution < -0.4 is 15.6 Å². The molecule has 152 valence electrons. The van der Waals surface area contributed by atoms with E-state index in [1.807, 2.05) is 0 Å². The molecule has 2 aromatic heterocycles. The van der Waals surface area contributed by atoms with Crippen LogP contribution in [0, 0.1) is 5.82 Å². The van der Waals surface area contributed by atoms with Crippen LogP contribution in [-0.4, -0.2) is 38.4 Å². The molecule has 1 amide bonds. The van der Waals surface area contributed by atoms with Crippen molar-refractivity contribution in [3.8, 4) is 17.1 Å². The molecule has 0 unspecified atom stereocenters.